The van der Waals surface area contributed by atoms with Crippen molar-refractivity contribution in [1.29, 1.82) is 0 Å². The average molecular weight is 332 g/mol. The van der Waals surface area contributed by atoms with Crippen LogP contribution in [0.5, 0.6) is 0 Å². The molecule has 7 heteroatoms. The van der Waals surface area contributed by atoms with Crippen molar-refractivity contribution in [3.63, 3.8) is 0 Å². The first kappa shape index (κ1) is 16.6. The predicted molar refractivity (Wildman–Crippen MR) is 87.1 cm³/mol. The van der Waals surface area contributed by atoms with Gasteiger partial charge in [0.2, 0.25) is 0 Å². The Morgan fingerprint density at radius 1 is 1.33 bits per heavy atom. The minimum absolute atomic E-state index is 0.0184. The zero-order chi connectivity index (χ0) is 16.9. The molecule has 1 aromatic heterocycles. The van der Waals surface area contributed by atoms with Crippen molar-refractivity contribution in [1.82, 2.24) is 20.0 Å². The molecule has 0 spiro atoms. The molecule has 1 fully saturated rings. The zero-order valence-electron chi connectivity index (χ0n) is 13.6. The first-order valence-corrected chi connectivity index (χ1v) is 7.97. The fourth-order valence-corrected chi connectivity index (χ4v) is 2.86. The summed E-state index contributed by atoms with van der Waals surface area (Å²) < 4.78 is 20.2. The van der Waals surface area contributed by atoms with Gasteiger partial charge in [-0.3, -0.25) is 14.4 Å². The van der Waals surface area contributed by atoms with Gasteiger partial charge in [-0.1, -0.05) is 12.1 Å². The number of hydrogen-bond donors (Lipinski definition) is 1. The summed E-state index contributed by atoms with van der Waals surface area (Å²) in [6.07, 6.45) is 3.22. The Hall–Kier alpha value is -2.25. The number of halogens is 1. The van der Waals surface area contributed by atoms with Gasteiger partial charge in [0.25, 0.3) is 5.91 Å². The number of carbonyl (C=O) groups is 1. The lowest BCUT2D eigenvalue weighted by molar-refractivity contribution is 0.0162. The van der Waals surface area contributed by atoms with Crippen molar-refractivity contribution in [2.24, 2.45) is 7.05 Å². The van der Waals surface area contributed by atoms with Gasteiger partial charge < -0.3 is 10.1 Å². The third-order valence-electron chi connectivity index (χ3n) is 4.16. The standard InChI is InChI=1S/C17H21FN4O2/c1-21-12-14(10-20-21)17(23)19-11-16(22-6-8-24-9-7-22)13-2-4-15(18)5-3-13/h2-5,10,12,16H,6-9,11H2,1H3,(H,19,23). The molecule has 0 bridgehead atoms. The lowest BCUT2D eigenvalue weighted by Crippen LogP contribution is -2.43. The zero-order valence-corrected chi connectivity index (χ0v) is 13.6. The maximum absolute atomic E-state index is 13.2. The number of carbonyl (C=O) groups excluding carboxylic acids is 1. The Kier molecular flexibility index (Phi) is 5.22. The summed E-state index contributed by atoms with van der Waals surface area (Å²) in [5, 5.41) is 6.96. The second-order valence-electron chi connectivity index (χ2n) is 5.83. The number of ether oxygens (including phenoxy) is 1. The van der Waals surface area contributed by atoms with Gasteiger partial charge in [-0.15, -0.1) is 0 Å². The minimum Gasteiger partial charge on any atom is -0.379 e. The Morgan fingerprint density at radius 3 is 2.67 bits per heavy atom. The Labute approximate surface area is 140 Å². The van der Waals surface area contributed by atoms with Crippen LogP contribution < -0.4 is 5.32 Å². The molecule has 1 amide bonds. The van der Waals surface area contributed by atoms with Gasteiger partial charge in [-0.25, -0.2) is 4.39 Å². The first-order valence-electron chi connectivity index (χ1n) is 7.97. The number of aromatic nitrogens is 2. The van der Waals surface area contributed by atoms with E-state index in [9.17, 15) is 9.18 Å². The van der Waals surface area contributed by atoms with E-state index in [-0.39, 0.29) is 17.8 Å². The smallest absolute Gasteiger partial charge is 0.254 e. The molecule has 1 aliphatic rings. The van der Waals surface area contributed by atoms with Gasteiger partial charge in [0, 0.05) is 32.9 Å². The van der Waals surface area contributed by atoms with Gasteiger partial charge in [-0.05, 0) is 17.7 Å². The number of aryl methyl sites for hydroxylation is 1. The number of hydrogen-bond acceptors (Lipinski definition) is 4. The largest absolute Gasteiger partial charge is 0.379 e. The number of nitrogens with one attached hydrogen (secondary N) is 1. The van der Waals surface area contributed by atoms with E-state index in [0.717, 1.165) is 18.7 Å². The fourth-order valence-electron chi connectivity index (χ4n) is 2.86. The van der Waals surface area contributed by atoms with Gasteiger partial charge in [0.15, 0.2) is 0 Å². The van der Waals surface area contributed by atoms with Crippen molar-refractivity contribution in [2.75, 3.05) is 32.8 Å². The molecule has 0 saturated carbocycles. The van der Waals surface area contributed by atoms with Gasteiger partial charge in [0.05, 0.1) is 31.0 Å². The van der Waals surface area contributed by atoms with Crippen molar-refractivity contribution >= 4 is 5.91 Å². The summed E-state index contributed by atoms with van der Waals surface area (Å²) in [5.41, 5.74) is 1.50. The number of benzene rings is 1. The molecule has 1 N–H and O–H groups in total. The minimum atomic E-state index is -0.265. The summed E-state index contributed by atoms with van der Waals surface area (Å²) in [5.74, 6) is -0.428. The molecular formula is C17H21FN4O2. The number of nitrogens with zero attached hydrogens (tertiary/aromatic N) is 3. The molecule has 0 radical (unpaired) electrons. The topological polar surface area (TPSA) is 59.4 Å². The highest BCUT2D eigenvalue weighted by Crippen LogP contribution is 2.21. The molecule has 6 nitrogen and oxygen atoms in total. The van der Waals surface area contributed by atoms with Crippen LogP contribution in [-0.4, -0.2) is 53.4 Å². The predicted octanol–water partition coefficient (Wildman–Crippen LogP) is 1.36. The van der Waals surface area contributed by atoms with Crippen LogP contribution in [0.25, 0.3) is 0 Å². The SMILES string of the molecule is Cn1cc(C(=O)NCC(c2ccc(F)cc2)N2CCOCC2)cn1. The third kappa shape index (κ3) is 3.98. The summed E-state index contributed by atoms with van der Waals surface area (Å²) in [7, 11) is 1.77. The molecular weight excluding hydrogens is 311 g/mol. The van der Waals surface area contributed by atoms with E-state index in [0.29, 0.717) is 25.3 Å². The van der Waals surface area contributed by atoms with Gasteiger partial charge >= 0.3 is 0 Å². The normalized spacial score (nSPS) is 16.8. The lowest BCUT2D eigenvalue weighted by atomic mass is 10.0. The maximum atomic E-state index is 13.2. The molecule has 128 valence electrons. The van der Waals surface area contributed by atoms with E-state index in [2.05, 4.69) is 15.3 Å². The van der Waals surface area contributed by atoms with Crippen molar-refractivity contribution in [3.05, 3.63) is 53.6 Å². The van der Waals surface area contributed by atoms with E-state index < -0.39 is 0 Å². The molecule has 24 heavy (non-hydrogen) atoms. The monoisotopic (exact) mass is 332 g/mol. The molecule has 1 aliphatic heterocycles. The molecule has 0 aliphatic carbocycles. The Morgan fingerprint density at radius 2 is 2.04 bits per heavy atom. The number of amides is 1. The van der Waals surface area contributed by atoms with Crippen LogP contribution in [0.4, 0.5) is 4.39 Å². The number of morpholine rings is 1. The van der Waals surface area contributed by atoms with Crippen LogP contribution in [0.3, 0.4) is 0 Å². The van der Waals surface area contributed by atoms with E-state index in [1.165, 1.54) is 18.3 Å². The highest BCUT2D eigenvalue weighted by Gasteiger charge is 2.23. The van der Waals surface area contributed by atoms with Crippen molar-refractivity contribution in [3.8, 4) is 0 Å². The van der Waals surface area contributed by atoms with E-state index in [1.807, 2.05) is 0 Å². The lowest BCUT2D eigenvalue weighted by Gasteiger charge is -2.34. The highest BCUT2D eigenvalue weighted by atomic mass is 19.1. The quantitative estimate of drug-likeness (QED) is 0.898. The van der Waals surface area contributed by atoms with Gasteiger partial charge in [-0.2, -0.15) is 5.10 Å². The molecule has 1 atom stereocenters. The fraction of sp³-hybridized carbons (Fsp3) is 0.412. The van der Waals surface area contributed by atoms with Crippen molar-refractivity contribution in [2.45, 2.75) is 6.04 Å². The van der Waals surface area contributed by atoms with Crippen LogP contribution in [-0.2, 0) is 11.8 Å². The second kappa shape index (κ2) is 7.55. The highest BCUT2D eigenvalue weighted by molar-refractivity contribution is 5.93. The Bertz CT molecular complexity index is 680. The summed E-state index contributed by atoms with van der Waals surface area (Å²) in [6, 6.07) is 6.42. The average Bonchev–Trinajstić information content (AvgIpc) is 3.04. The number of rotatable bonds is 5. The van der Waals surface area contributed by atoms with E-state index in [4.69, 9.17) is 4.74 Å². The molecule has 3 rings (SSSR count). The molecule has 1 aromatic carbocycles. The molecule has 2 aromatic rings. The van der Waals surface area contributed by atoms with Crippen LogP contribution in [0.2, 0.25) is 0 Å². The van der Waals surface area contributed by atoms with Crippen molar-refractivity contribution < 1.29 is 13.9 Å². The summed E-state index contributed by atoms with van der Waals surface area (Å²) in [6.45, 7) is 3.33. The molecule has 1 unspecified atom stereocenters. The summed E-state index contributed by atoms with van der Waals surface area (Å²) in [4.78, 5) is 14.5. The van der Waals surface area contributed by atoms with Crippen LogP contribution in [0.1, 0.15) is 22.0 Å². The van der Waals surface area contributed by atoms with Gasteiger partial charge in [0.1, 0.15) is 5.82 Å². The van der Waals surface area contributed by atoms with E-state index >= 15 is 0 Å². The Balaban J connectivity index is 1.71. The van der Waals surface area contributed by atoms with Crippen LogP contribution in [0, 0.1) is 5.82 Å². The second-order valence-corrected chi connectivity index (χ2v) is 5.83. The molecule has 1 saturated heterocycles. The first-order chi connectivity index (χ1) is 11.6. The van der Waals surface area contributed by atoms with Crippen LogP contribution in [0.15, 0.2) is 36.7 Å². The van der Waals surface area contributed by atoms with E-state index in [1.54, 1.807) is 30.1 Å². The summed E-state index contributed by atoms with van der Waals surface area (Å²) >= 11 is 0. The maximum Gasteiger partial charge on any atom is 0.254 e. The van der Waals surface area contributed by atoms with Crippen LogP contribution >= 0.6 is 0 Å². The molecule has 2 heterocycles. The third-order valence-corrected chi connectivity index (χ3v) is 4.16.